The molecule has 3 fully saturated rings. The number of hydrogen-bond donors (Lipinski definition) is 3. The lowest BCUT2D eigenvalue weighted by molar-refractivity contribution is 0.0387. The normalized spacial score (nSPS) is 32.4. The van der Waals surface area contributed by atoms with Crippen LogP contribution in [0.5, 0.6) is 0 Å². The maximum atomic E-state index is 10.9. The molecule has 0 bridgehead atoms. The standard InChI is InChI=1S/C24H34N2O2S/c27-14-16-5-6-18-17(12-25-23(18)11-16)15-29-10-9-26-8-7-20-19-3-1-2-4-21(19)24(28)22(20)13-26/h5-6,11-12,19-22,24-25,27-28H,1-4,7-10,13-15H2. The third kappa shape index (κ3) is 3.87. The Hall–Kier alpha value is -1.01. The van der Waals surface area contributed by atoms with Crippen LogP contribution in [0.25, 0.3) is 10.9 Å². The zero-order valence-electron chi connectivity index (χ0n) is 17.2. The van der Waals surface area contributed by atoms with Crippen LogP contribution in [0, 0.1) is 23.7 Å². The third-order valence-electron chi connectivity index (χ3n) is 7.92. The van der Waals surface area contributed by atoms with E-state index in [2.05, 4.69) is 22.1 Å². The topological polar surface area (TPSA) is 59.5 Å². The van der Waals surface area contributed by atoms with Crippen LogP contribution in [0.3, 0.4) is 0 Å². The van der Waals surface area contributed by atoms with Gasteiger partial charge in [-0.1, -0.05) is 25.0 Å². The van der Waals surface area contributed by atoms with Gasteiger partial charge in [0.1, 0.15) is 0 Å². The summed E-state index contributed by atoms with van der Waals surface area (Å²) < 4.78 is 0. The summed E-state index contributed by atoms with van der Waals surface area (Å²) in [5.41, 5.74) is 3.42. The predicted octanol–water partition coefficient (Wildman–Crippen LogP) is 4.01. The van der Waals surface area contributed by atoms with Crippen LogP contribution in [-0.4, -0.2) is 51.6 Å². The quantitative estimate of drug-likeness (QED) is 0.625. The van der Waals surface area contributed by atoms with E-state index >= 15 is 0 Å². The summed E-state index contributed by atoms with van der Waals surface area (Å²) in [7, 11) is 0. The maximum absolute atomic E-state index is 10.9. The number of nitrogens with zero attached hydrogens (tertiary/aromatic N) is 1. The van der Waals surface area contributed by atoms with E-state index in [1.165, 1.54) is 49.6 Å². The second-order valence-corrected chi connectivity index (χ2v) is 10.5. The molecular formula is C24H34N2O2S. The highest BCUT2D eigenvalue weighted by atomic mass is 32.2. The Balaban J connectivity index is 1.12. The van der Waals surface area contributed by atoms with Gasteiger partial charge in [0, 0.05) is 47.6 Å². The van der Waals surface area contributed by atoms with E-state index in [0.29, 0.717) is 11.8 Å². The molecule has 4 nitrogen and oxygen atoms in total. The fraction of sp³-hybridized carbons (Fsp3) is 0.667. The highest BCUT2D eigenvalue weighted by Gasteiger charge is 2.51. The molecule has 5 heteroatoms. The fourth-order valence-corrected chi connectivity index (χ4v) is 7.45. The lowest BCUT2D eigenvalue weighted by Gasteiger charge is -2.38. The van der Waals surface area contributed by atoms with E-state index in [1.807, 2.05) is 23.9 Å². The van der Waals surface area contributed by atoms with Crippen molar-refractivity contribution in [2.24, 2.45) is 23.7 Å². The Morgan fingerprint density at radius 2 is 1.90 bits per heavy atom. The molecule has 29 heavy (non-hydrogen) atoms. The number of aliphatic hydroxyl groups is 2. The van der Waals surface area contributed by atoms with Crippen LogP contribution in [0.4, 0.5) is 0 Å². The summed E-state index contributed by atoms with van der Waals surface area (Å²) in [5.74, 6) is 4.88. The fourth-order valence-electron chi connectivity index (χ4n) is 6.45. The average Bonchev–Trinajstić information content (AvgIpc) is 3.30. The zero-order chi connectivity index (χ0) is 19.8. The third-order valence-corrected chi connectivity index (χ3v) is 8.91. The van der Waals surface area contributed by atoms with Crippen LogP contribution < -0.4 is 0 Å². The number of rotatable bonds is 6. The Labute approximate surface area is 178 Å². The molecule has 3 N–H and O–H groups in total. The number of aromatic nitrogens is 1. The van der Waals surface area contributed by atoms with Crippen molar-refractivity contribution >= 4 is 22.7 Å². The zero-order valence-corrected chi connectivity index (χ0v) is 18.0. The summed E-state index contributed by atoms with van der Waals surface area (Å²) in [5, 5.41) is 21.5. The summed E-state index contributed by atoms with van der Waals surface area (Å²) in [6.07, 6.45) is 8.70. The van der Waals surface area contributed by atoms with E-state index in [9.17, 15) is 10.2 Å². The van der Waals surface area contributed by atoms with E-state index < -0.39 is 0 Å². The SMILES string of the molecule is OCc1ccc2c(CSCCN3CCC4C(C3)C(O)C3CCCCC34)c[nH]c2c1. The predicted molar refractivity (Wildman–Crippen MR) is 120 cm³/mol. The largest absolute Gasteiger partial charge is 0.392 e. The number of thioether (sulfide) groups is 1. The number of aromatic amines is 1. The summed E-state index contributed by atoms with van der Waals surface area (Å²) in [6.45, 7) is 3.55. The van der Waals surface area contributed by atoms with Crippen molar-refractivity contribution in [3.8, 4) is 0 Å². The number of hydrogen-bond acceptors (Lipinski definition) is 4. The van der Waals surface area contributed by atoms with Gasteiger partial charge in [0.15, 0.2) is 0 Å². The number of likely N-dealkylation sites (tertiary alicyclic amines) is 1. The molecule has 2 saturated carbocycles. The molecule has 2 aromatic rings. The van der Waals surface area contributed by atoms with E-state index in [4.69, 9.17) is 0 Å². The van der Waals surface area contributed by atoms with Gasteiger partial charge < -0.3 is 20.1 Å². The van der Waals surface area contributed by atoms with Crippen molar-refractivity contribution in [2.45, 2.75) is 50.6 Å². The molecule has 1 aromatic heterocycles. The van der Waals surface area contributed by atoms with Crippen molar-refractivity contribution in [1.82, 2.24) is 9.88 Å². The van der Waals surface area contributed by atoms with Gasteiger partial charge in [-0.2, -0.15) is 11.8 Å². The van der Waals surface area contributed by atoms with Crippen LogP contribution >= 0.6 is 11.8 Å². The number of aliphatic hydroxyl groups excluding tert-OH is 2. The molecule has 5 atom stereocenters. The van der Waals surface area contributed by atoms with Crippen LogP contribution in [0.2, 0.25) is 0 Å². The minimum absolute atomic E-state index is 0.0456. The van der Waals surface area contributed by atoms with Crippen LogP contribution in [0.1, 0.15) is 43.2 Å². The number of nitrogens with one attached hydrogen (secondary N) is 1. The smallest absolute Gasteiger partial charge is 0.0682 e. The monoisotopic (exact) mass is 414 g/mol. The lowest BCUT2D eigenvalue weighted by atomic mass is 9.75. The minimum Gasteiger partial charge on any atom is -0.392 e. The van der Waals surface area contributed by atoms with Gasteiger partial charge >= 0.3 is 0 Å². The lowest BCUT2D eigenvalue weighted by Crippen LogP contribution is -2.43. The molecule has 0 radical (unpaired) electrons. The first-order valence-corrected chi connectivity index (χ1v) is 12.6. The Morgan fingerprint density at radius 1 is 1.07 bits per heavy atom. The molecular weight excluding hydrogens is 380 g/mol. The molecule has 1 aliphatic heterocycles. The molecule has 0 amide bonds. The number of benzene rings is 1. The first-order valence-electron chi connectivity index (χ1n) is 11.4. The highest BCUT2D eigenvalue weighted by molar-refractivity contribution is 7.98. The van der Waals surface area contributed by atoms with Gasteiger partial charge in [0.05, 0.1) is 12.7 Å². The molecule has 2 aliphatic carbocycles. The first kappa shape index (κ1) is 19.9. The van der Waals surface area contributed by atoms with E-state index in [1.54, 1.807) is 0 Å². The van der Waals surface area contributed by atoms with Crippen molar-refractivity contribution in [3.05, 3.63) is 35.5 Å². The molecule has 5 rings (SSSR count). The molecule has 158 valence electrons. The van der Waals surface area contributed by atoms with Crippen LogP contribution in [0.15, 0.2) is 24.4 Å². The van der Waals surface area contributed by atoms with Gasteiger partial charge in [0.25, 0.3) is 0 Å². The molecule has 5 unspecified atom stereocenters. The molecule has 1 saturated heterocycles. The van der Waals surface area contributed by atoms with Crippen molar-refractivity contribution in [1.29, 1.82) is 0 Å². The van der Waals surface area contributed by atoms with E-state index in [-0.39, 0.29) is 12.7 Å². The highest BCUT2D eigenvalue weighted by Crippen LogP contribution is 2.52. The Bertz CT molecular complexity index is 837. The van der Waals surface area contributed by atoms with Crippen LogP contribution in [-0.2, 0) is 12.4 Å². The summed E-state index contributed by atoms with van der Waals surface area (Å²) >= 11 is 2.00. The van der Waals surface area contributed by atoms with Crippen molar-refractivity contribution < 1.29 is 10.2 Å². The number of H-pyrrole nitrogens is 1. The molecule has 0 spiro atoms. The molecule has 3 aliphatic rings. The van der Waals surface area contributed by atoms with E-state index in [0.717, 1.165) is 47.5 Å². The summed E-state index contributed by atoms with van der Waals surface area (Å²) in [4.78, 5) is 5.95. The average molecular weight is 415 g/mol. The number of fused-ring (bicyclic) bond motifs is 4. The molecule has 1 aromatic carbocycles. The van der Waals surface area contributed by atoms with Gasteiger partial charge in [-0.05, 0) is 60.8 Å². The van der Waals surface area contributed by atoms with Gasteiger partial charge in [-0.25, -0.2) is 0 Å². The van der Waals surface area contributed by atoms with Gasteiger partial charge in [-0.15, -0.1) is 0 Å². The first-order chi connectivity index (χ1) is 14.2. The van der Waals surface area contributed by atoms with Crippen molar-refractivity contribution in [3.63, 3.8) is 0 Å². The number of piperidine rings is 1. The molecule has 2 heterocycles. The second-order valence-electron chi connectivity index (χ2n) is 9.42. The maximum Gasteiger partial charge on any atom is 0.0682 e. The second kappa shape index (κ2) is 8.62. The minimum atomic E-state index is -0.0456. The van der Waals surface area contributed by atoms with Gasteiger partial charge in [0.2, 0.25) is 0 Å². The van der Waals surface area contributed by atoms with Gasteiger partial charge in [-0.3, -0.25) is 0 Å². The Kier molecular flexibility index (Phi) is 5.92. The van der Waals surface area contributed by atoms with Crippen molar-refractivity contribution in [2.75, 3.05) is 25.4 Å². The Morgan fingerprint density at radius 3 is 2.76 bits per heavy atom. The summed E-state index contributed by atoms with van der Waals surface area (Å²) in [6, 6.07) is 6.18.